The highest BCUT2D eigenvalue weighted by atomic mass is 79.9. The van der Waals surface area contributed by atoms with Crippen molar-refractivity contribution < 1.29 is 13.5 Å². The molecule has 0 aliphatic rings. The summed E-state index contributed by atoms with van der Waals surface area (Å²) in [5.74, 6) is -1.73. The van der Waals surface area contributed by atoms with E-state index in [2.05, 4.69) is 21.0 Å². The molecule has 1 aromatic carbocycles. The van der Waals surface area contributed by atoms with Gasteiger partial charge in [-0.15, -0.1) is 0 Å². The summed E-state index contributed by atoms with van der Waals surface area (Å²) in [4.78, 5) is 0. The highest BCUT2D eigenvalue weighted by Gasteiger charge is 2.14. The van der Waals surface area contributed by atoms with Gasteiger partial charge in [0.05, 0.1) is 11.4 Å². The first-order chi connectivity index (χ1) is 10.1. The van der Waals surface area contributed by atoms with Crippen molar-refractivity contribution in [3.63, 3.8) is 0 Å². The van der Waals surface area contributed by atoms with Crippen LogP contribution in [0.2, 0.25) is 0 Å². The number of nitrogens with zero attached hydrogens (tertiary/aromatic N) is 2. The minimum absolute atomic E-state index is 0.0857. The highest BCUT2D eigenvalue weighted by Crippen LogP contribution is 2.25. The van der Waals surface area contributed by atoms with Gasteiger partial charge in [-0.05, 0) is 37.1 Å². The predicted molar refractivity (Wildman–Crippen MR) is 80.6 cm³/mol. The third-order valence-corrected chi connectivity index (χ3v) is 3.80. The van der Waals surface area contributed by atoms with E-state index in [1.165, 1.54) is 12.1 Å². The van der Waals surface area contributed by atoms with Gasteiger partial charge in [-0.25, -0.2) is 8.78 Å². The summed E-state index contributed by atoms with van der Waals surface area (Å²) in [6, 6.07) is 4.43. The van der Waals surface area contributed by atoms with Gasteiger partial charge in [0.2, 0.25) is 0 Å². The zero-order valence-corrected chi connectivity index (χ0v) is 13.6. The van der Waals surface area contributed by atoms with E-state index in [-0.39, 0.29) is 12.4 Å². The van der Waals surface area contributed by atoms with E-state index in [1.807, 2.05) is 19.9 Å². The molecular weight excluding hydrogens is 342 g/mol. The lowest BCUT2D eigenvalue weighted by molar-refractivity contribution is 0.263. The van der Waals surface area contributed by atoms with Crippen LogP contribution >= 0.6 is 15.9 Å². The lowest BCUT2D eigenvalue weighted by Gasteiger charge is -2.10. The van der Waals surface area contributed by atoms with E-state index < -0.39 is 11.6 Å². The molecule has 114 valence electrons. The van der Waals surface area contributed by atoms with Crippen LogP contribution in [-0.2, 0) is 24.9 Å². The summed E-state index contributed by atoms with van der Waals surface area (Å²) in [5, 5.41) is 4.77. The first kappa shape index (κ1) is 15.9. The normalized spacial score (nSPS) is 10.9. The molecule has 0 atom stereocenters. The number of hydrogen-bond acceptors (Lipinski definition) is 2. The van der Waals surface area contributed by atoms with Crippen LogP contribution in [-0.4, -0.2) is 9.78 Å². The van der Waals surface area contributed by atoms with Gasteiger partial charge < -0.3 is 4.74 Å². The van der Waals surface area contributed by atoms with Crippen LogP contribution in [0.5, 0.6) is 5.75 Å². The number of hydrogen-bond donors (Lipinski definition) is 0. The molecule has 3 nitrogen and oxygen atoms in total. The molecule has 0 bridgehead atoms. The number of aryl methyl sites for hydroxylation is 2. The number of ether oxygens (including phenoxy) is 1. The molecule has 0 fully saturated rings. The second-order valence-corrected chi connectivity index (χ2v) is 5.17. The summed E-state index contributed by atoms with van der Waals surface area (Å²) in [6.07, 6.45) is 0.808. The largest absolute Gasteiger partial charge is 0.481 e. The summed E-state index contributed by atoms with van der Waals surface area (Å²) < 4.78 is 34.8. The molecule has 0 radical (unpaired) electrons. The van der Waals surface area contributed by atoms with Crippen LogP contribution < -0.4 is 4.74 Å². The number of benzene rings is 1. The van der Waals surface area contributed by atoms with Crippen molar-refractivity contribution in [3.05, 3.63) is 46.8 Å². The number of rotatable bonds is 6. The van der Waals surface area contributed by atoms with Gasteiger partial charge >= 0.3 is 0 Å². The van der Waals surface area contributed by atoms with Crippen LogP contribution in [0.1, 0.15) is 30.8 Å². The van der Waals surface area contributed by atoms with E-state index in [4.69, 9.17) is 4.74 Å². The zero-order valence-electron chi connectivity index (χ0n) is 12.0. The molecule has 6 heteroatoms. The number of halogens is 3. The van der Waals surface area contributed by atoms with Gasteiger partial charge in [0.1, 0.15) is 6.61 Å². The fourth-order valence-electron chi connectivity index (χ4n) is 2.05. The highest BCUT2D eigenvalue weighted by molar-refractivity contribution is 9.08. The van der Waals surface area contributed by atoms with Gasteiger partial charge in [0.15, 0.2) is 17.4 Å². The second-order valence-electron chi connectivity index (χ2n) is 4.61. The zero-order chi connectivity index (χ0) is 15.4. The van der Waals surface area contributed by atoms with Crippen LogP contribution in [0.3, 0.4) is 0 Å². The Hall–Kier alpha value is -1.43. The lowest BCUT2D eigenvalue weighted by atomic mass is 10.2. The minimum atomic E-state index is -0.692. The molecule has 0 unspecified atom stereocenters. The molecule has 2 aromatic rings. The first-order valence-electron chi connectivity index (χ1n) is 6.81. The molecule has 0 amide bonds. The van der Waals surface area contributed by atoms with Crippen molar-refractivity contribution in [2.45, 2.75) is 38.8 Å². The monoisotopic (exact) mass is 358 g/mol. The maximum absolute atomic E-state index is 13.8. The smallest absolute Gasteiger partial charge is 0.191 e. The number of alkyl halides is 1. The maximum atomic E-state index is 13.8. The molecule has 21 heavy (non-hydrogen) atoms. The third kappa shape index (κ3) is 3.61. The van der Waals surface area contributed by atoms with Crippen molar-refractivity contribution in [1.82, 2.24) is 9.78 Å². The van der Waals surface area contributed by atoms with Gasteiger partial charge in [0, 0.05) is 11.9 Å². The molecule has 1 aromatic heterocycles. The molecule has 0 spiro atoms. The van der Waals surface area contributed by atoms with Crippen molar-refractivity contribution in [2.75, 3.05) is 0 Å². The SMILES string of the molecule is CCc1cc(COc2c(F)cc(CBr)cc2F)n(CC)n1. The number of aromatic nitrogens is 2. The van der Waals surface area contributed by atoms with Gasteiger partial charge in [-0.3, -0.25) is 4.68 Å². The molecular formula is C15H17BrF2N2O. The Morgan fingerprint density at radius 2 is 1.86 bits per heavy atom. The molecule has 0 aliphatic carbocycles. The Labute approximate surface area is 131 Å². The summed E-state index contributed by atoms with van der Waals surface area (Å²) >= 11 is 3.17. The van der Waals surface area contributed by atoms with Crippen LogP contribution in [0.4, 0.5) is 8.78 Å². The van der Waals surface area contributed by atoms with E-state index in [0.717, 1.165) is 17.8 Å². The average molecular weight is 359 g/mol. The molecule has 0 saturated heterocycles. The van der Waals surface area contributed by atoms with Crippen LogP contribution in [0.15, 0.2) is 18.2 Å². The Balaban J connectivity index is 2.18. The molecule has 0 saturated carbocycles. The standard InChI is InChI=1S/C15H17BrF2N2O/c1-3-11-7-12(20(4-2)19-11)9-21-15-13(17)5-10(8-16)6-14(15)18/h5-7H,3-4,8-9H2,1-2H3. The molecule has 2 rings (SSSR count). The third-order valence-electron chi connectivity index (χ3n) is 3.15. The van der Waals surface area contributed by atoms with Gasteiger partial charge in [0.25, 0.3) is 0 Å². The van der Waals surface area contributed by atoms with Crippen molar-refractivity contribution >= 4 is 15.9 Å². The first-order valence-corrected chi connectivity index (χ1v) is 7.93. The van der Waals surface area contributed by atoms with E-state index in [1.54, 1.807) is 4.68 Å². The van der Waals surface area contributed by atoms with Crippen molar-refractivity contribution in [3.8, 4) is 5.75 Å². The topological polar surface area (TPSA) is 27.1 Å². The summed E-state index contributed by atoms with van der Waals surface area (Å²) in [7, 11) is 0. The van der Waals surface area contributed by atoms with E-state index >= 15 is 0 Å². The Morgan fingerprint density at radius 3 is 2.38 bits per heavy atom. The molecule has 0 aliphatic heterocycles. The van der Waals surface area contributed by atoms with Crippen molar-refractivity contribution in [1.29, 1.82) is 0 Å². The minimum Gasteiger partial charge on any atom is -0.481 e. The Kier molecular flexibility index (Phi) is 5.33. The predicted octanol–water partition coefficient (Wildman–Crippen LogP) is 4.22. The van der Waals surface area contributed by atoms with Crippen molar-refractivity contribution in [2.24, 2.45) is 0 Å². The lowest BCUT2D eigenvalue weighted by Crippen LogP contribution is -2.07. The second kappa shape index (κ2) is 7.02. The van der Waals surface area contributed by atoms with Crippen LogP contribution in [0.25, 0.3) is 0 Å². The van der Waals surface area contributed by atoms with Gasteiger partial charge in [-0.1, -0.05) is 22.9 Å². The fraction of sp³-hybridized carbons (Fsp3) is 0.400. The summed E-state index contributed by atoms with van der Waals surface area (Å²) in [5.41, 5.74) is 2.27. The Morgan fingerprint density at radius 1 is 1.19 bits per heavy atom. The Bertz CT molecular complexity index is 605. The maximum Gasteiger partial charge on any atom is 0.191 e. The molecule has 0 N–H and O–H groups in total. The van der Waals surface area contributed by atoms with E-state index in [0.29, 0.717) is 17.4 Å². The van der Waals surface area contributed by atoms with Crippen LogP contribution in [0, 0.1) is 11.6 Å². The molecule has 1 heterocycles. The van der Waals surface area contributed by atoms with E-state index in [9.17, 15) is 8.78 Å². The summed E-state index contributed by atoms with van der Waals surface area (Å²) in [6.45, 7) is 4.74. The van der Waals surface area contributed by atoms with Gasteiger partial charge in [-0.2, -0.15) is 5.10 Å². The quantitative estimate of drug-likeness (QED) is 0.723. The fourth-order valence-corrected chi connectivity index (χ4v) is 2.37. The average Bonchev–Trinajstić information content (AvgIpc) is 2.88.